The molecule has 12 heavy (non-hydrogen) atoms. The lowest BCUT2D eigenvalue weighted by molar-refractivity contribution is -0.0889. The summed E-state index contributed by atoms with van der Waals surface area (Å²) in [6.45, 7) is 0. The molecule has 2 saturated carbocycles. The first-order valence-corrected chi connectivity index (χ1v) is 5.21. The molecule has 2 heteroatoms. The zero-order chi connectivity index (χ0) is 8.60. The Morgan fingerprint density at radius 1 is 1.08 bits per heavy atom. The Balaban J connectivity index is 2.14. The third-order valence-corrected chi connectivity index (χ3v) is 3.80. The van der Waals surface area contributed by atoms with E-state index in [1.807, 2.05) is 0 Å². The lowest BCUT2D eigenvalue weighted by atomic mass is 9.65. The van der Waals surface area contributed by atoms with Gasteiger partial charge in [-0.05, 0) is 31.6 Å². The number of nitrogens with two attached hydrogens (primary N) is 1. The van der Waals surface area contributed by atoms with Crippen LogP contribution in [0, 0.1) is 5.92 Å². The zero-order valence-corrected chi connectivity index (χ0v) is 7.63. The lowest BCUT2D eigenvalue weighted by Crippen LogP contribution is -2.56. The Hall–Kier alpha value is -0.0800. The largest absolute Gasteiger partial charge is 0.388 e. The van der Waals surface area contributed by atoms with E-state index in [1.54, 1.807) is 0 Å². The van der Waals surface area contributed by atoms with Crippen LogP contribution in [-0.2, 0) is 0 Å². The summed E-state index contributed by atoms with van der Waals surface area (Å²) in [5.41, 5.74) is 5.48. The van der Waals surface area contributed by atoms with Gasteiger partial charge in [-0.25, -0.2) is 0 Å². The predicted octanol–water partition coefficient (Wildman–Crippen LogP) is 1.42. The normalized spacial score (nSPS) is 48.5. The van der Waals surface area contributed by atoms with Gasteiger partial charge in [0.2, 0.25) is 0 Å². The average Bonchev–Trinajstić information content (AvgIpc) is 2.07. The van der Waals surface area contributed by atoms with E-state index in [1.165, 1.54) is 32.1 Å². The molecule has 70 valence electrons. The molecule has 2 aliphatic carbocycles. The Kier molecular flexibility index (Phi) is 2.13. The maximum Gasteiger partial charge on any atom is 0.0825 e. The van der Waals surface area contributed by atoms with Gasteiger partial charge in [0, 0.05) is 6.04 Å². The highest BCUT2D eigenvalue weighted by atomic mass is 16.3. The minimum absolute atomic E-state index is 0.0524. The molecule has 0 aromatic rings. The summed E-state index contributed by atoms with van der Waals surface area (Å²) < 4.78 is 0. The van der Waals surface area contributed by atoms with Gasteiger partial charge in [-0.15, -0.1) is 0 Å². The highest BCUT2D eigenvalue weighted by molar-refractivity contribution is 5.00. The lowest BCUT2D eigenvalue weighted by Gasteiger charge is -2.47. The van der Waals surface area contributed by atoms with Gasteiger partial charge in [-0.2, -0.15) is 0 Å². The van der Waals surface area contributed by atoms with Crippen molar-refractivity contribution in [1.29, 1.82) is 0 Å². The average molecular weight is 169 g/mol. The third-order valence-electron chi connectivity index (χ3n) is 3.80. The van der Waals surface area contributed by atoms with Gasteiger partial charge in [0.15, 0.2) is 0 Å². The molecule has 0 aromatic heterocycles. The van der Waals surface area contributed by atoms with Gasteiger partial charge in [0.05, 0.1) is 5.60 Å². The molecule has 0 bridgehead atoms. The Labute approximate surface area is 74.1 Å². The van der Waals surface area contributed by atoms with Crippen molar-refractivity contribution in [2.75, 3.05) is 0 Å². The summed E-state index contributed by atoms with van der Waals surface area (Å²) in [5, 5.41) is 10.3. The van der Waals surface area contributed by atoms with Crippen molar-refractivity contribution >= 4 is 0 Å². The topological polar surface area (TPSA) is 46.2 Å². The SMILES string of the molecule is N[C@H]1CCC[C@H]2CCCC[C@]21O. The number of rotatable bonds is 0. The minimum Gasteiger partial charge on any atom is -0.388 e. The first-order chi connectivity index (χ1) is 5.73. The van der Waals surface area contributed by atoms with Gasteiger partial charge in [-0.1, -0.05) is 19.3 Å². The van der Waals surface area contributed by atoms with Crippen molar-refractivity contribution < 1.29 is 5.11 Å². The fourth-order valence-electron chi connectivity index (χ4n) is 2.97. The van der Waals surface area contributed by atoms with E-state index in [2.05, 4.69) is 0 Å². The number of hydrogen-bond donors (Lipinski definition) is 2. The van der Waals surface area contributed by atoms with Crippen LogP contribution < -0.4 is 5.73 Å². The van der Waals surface area contributed by atoms with Crippen molar-refractivity contribution in [2.45, 2.75) is 56.6 Å². The second-order valence-corrected chi connectivity index (χ2v) is 4.47. The first-order valence-electron chi connectivity index (χ1n) is 5.21. The van der Waals surface area contributed by atoms with Crippen LogP contribution in [0.2, 0.25) is 0 Å². The zero-order valence-electron chi connectivity index (χ0n) is 7.63. The highest BCUT2D eigenvalue weighted by Crippen LogP contribution is 2.42. The van der Waals surface area contributed by atoms with E-state index < -0.39 is 5.60 Å². The molecular weight excluding hydrogens is 150 g/mol. The molecule has 2 fully saturated rings. The molecule has 0 heterocycles. The molecule has 2 rings (SSSR count). The maximum absolute atomic E-state index is 10.3. The van der Waals surface area contributed by atoms with Crippen LogP contribution >= 0.6 is 0 Å². The predicted molar refractivity (Wildman–Crippen MR) is 48.7 cm³/mol. The molecular formula is C10H19NO. The molecule has 0 spiro atoms. The van der Waals surface area contributed by atoms with Gasteiger partial charge in [-0.3, -0.25) is 0 Å². The Morgan fingerprint density at radius 3 is 2.58 bits per heavy atom. The van der Waals surface area contributed by atoms with E-state index in [9.17, 15) is 5.11 Å². The van der Waals surface area contributed by atoms with E-state index >= 15 is 0 Å². The molecule has 0 amide bonds. The Bertz CT molecular complexity index is 169. The molecule has 0 saturated heterocycles. The van der Waals surface area contributed by atoms with E-state index in [0.29, 0.717) is 5.92 Å². The van der Waals surface area contributed by atoms with Gasteiger partial charge in [0.25, 0.3) is 0 Å². The second kappa shape index (κ2) is 3.00. The van der Waals surface area contributed by atoms with Crippen molar-refractivity contribution in [3.8, 4) is 0 Å². The number of fused-ring (bicyclic) bond motifs is 1. The molecule has 0 unspecified atom stereocenters. The van der Waals surface area contributed by atoms with Gasteiger partial charge in [0.1, 0.15) is 0 Å². The van der Waals surface area contributed by atoms with Gasteiger partial charge >= 0.3 is 0 Å². The van der Waals surface area contributed by atoms with Crippen LogP contribution in [0.3, 0.4) is 0 Å². The molecule has 0 aromatic carbocycles. The van der Waals surface area contributed by atoms with Gasteiger partial charge < -0.3 is 10.8 Å². The summed E-state index contributed by atoms with van der Waals surface area (Å²) in [7, 11) is 0. The monoisotopic (exact) mass is 169 g/mol. The van der Waals surface area contributed by atoms with Crippen LogP contribution in [0.4, 0.5) is 0 Å². The second-order valence-electron chi connectivity index (χ2n) is 4.47. The third kappa shape index (κ3) is 1.17. The Morgan fingerprint density at radius 2 is 1.83 bits per heavy atom. The summed E-state index contributed by atoms with van der Waals surface area (Å²) in [6, 6.07) is 0.0524. The molecule has 0 aliphatic heterocycles. The van der Waals surface area contributed by atoms with E-state index in [-0.39, 0.29) is 6.04 Å². The van der Waals surface area contributed by atoms with E-state index in [4.69, 9.17) is 5.73 Å². The van der Waals surface area contributed by atoms with Crippen LogP contribution in [0.1, 0.15) is 44.9 Å². The standard InChI is InChI=1S/C10H19NO/c11-9-6-3-5-8-4-1-2-7-10(8,9)12/h8-9,12H,1-7,11H2/t8-,9+,10+/m1/s1. The maximum atomic E-state index is 10.3. The van der Waals surface area contributed by atoms with Crippen molar-refractivity contribution in [3.05, 3.63) is 0 Å². The fraction of sp³-hybridized carbons (Fsp3) is 1.00. The summed E-state index contributed by atoms with van der Waals surface area (Å²) in [4.78, 5) is 0. The molecule has 3 atom stereocenters. The first kappa shape index (κ1) is 8.52. The summed E-state index contributed by atoms with van der Waals surface area (Å²) in [6.07, 6.45) is 8.04. The smallest absolute Gasteiger partial charge is 0.0825 e. The molecule has 0 radical (unpaired) electrons. The van der Waals surface area contributed by atoms with Crippen LogP contribution in [-0.4, -0.2) is 16.7 Å². The number of aliphatic hydroxyl groups is 1. The minimum atomic E-state index is -0.490. The summed E-state index contributed by atoms with van der Waals surface area (Å²) in [5.74, 6) is 0.509. The quantitative estimate of drug-likeness (QED) is 0.576. The van der Waals surface area contributed by atoms with Crippen molar-refractivity contribution in [2.24, 2.45) is 11.7 Å². The molecule has 3 N–H and O–H groups in total. The highest BCUT2D eigenvalue weighted by Gasteiger charge is 2.45. The summed E-state index contributed by atoms with van der Waals surface area (Å²) >= 11 is 0. The fourth-order valence-corrected chi connectivity index (χ4v) is 2.97. The van der Waals surface area contributed by atoms with Crippen LogP contribution in [0.25, 0.3) is 0 Å². The van der Waals surface area contributed by atoms with Crippen molar-refractivity contribution in [1.82, 2.24) is 0 Å². The number of hydrogen-bond acceptors (Lipinski definition) is 2. The van der Waals surface area contributed by atoms with E-state index in [0.717, 1.165) is 12.8 Å². The van der Waals surface area contributed by atoms with Crippen LogP contribution in [0.15, 0.2) is 0 Å². The molecule has 2 nitrogen and oxygen atoms in total. The molecule has 2 aliphatic rings. The van der Waals surface area contributed by atoms with Crippen molar-refractivity contribution in [3.63, 3.8) is 0 Å². The van der Waals surface area contributed by atoms with Crippen LogP contribution in [0.5, 0.6) is 0 Å².